The summed E-state index contributed by atoms with van der Waals surface area (Å²) in [6.07, 6.45) is 1.25. The first-order chi connectivity index (χ1) is 10.5. The maximum Gasteiger partial charge on any atom is 0.335 e. The van der Waals surface area contributed by atoms with E-state index in [1.165, 1.54) is 17.7 Å². The van der Waals surface area contributed by atoms with Crippen LogP contribution in [0.3, 0.4) is 0 Å². The first-order valence-electron chi connectivity index (χ1n) is 7.15. The summed E-state index contributed by atoms with van der Waals surface area (Å²) < 4.78 is 0. The Kier molecular flexibility index (Phi) is 4.94. The molecule has 0 spiro atoms. The number of aryl methyl sites for hydroxylation is 1. The quantitative estimate of drug-likeness (QED) is 0.857. The molecule has 2 aromatic rings. The molecule has 1 unspecified atom stereocenters. The molecule has 4 nitrogen and oxygen atoms in total. The molecule has 0 heterocycles. The molecular formula is C18H18O4. The zero-order valence-corrected chi connectivity index (χ0v) is 12.3. The van der Waals surface area contributed by atoms with E-state index in [1.807, 2.05) is 31.2 Å². The highest BCUT2D eigenvalue weighted by molar-refractivity contribution is 5.87. The molecule has 0 fully saturated rings. The lowest BCUT2D eigenvalue weighted by Gasteiger charge is -2.13. The Morgan fingerprint density at radius 2 is 1.45 bits per heavy atom. The molecule has 0 saturated carbocycles. The van der Waals surface area contributed by atoms with Crippen molar-refractivity contribution in [2.75, 3.05) is 0 Å². The standard InChI is InChI=1S/C18H18O4/c1-2-12-3-7-14(8-4-12)16(18(21)22)11-13-5-9-15(10-6-13)17(19)20/h3-10,16H,2,11H2,1H3,(H,19,20)(H,21,22). The van der Waals surface area contributed by atoms with E-state index < -0.39 is 17.9 Å². The van der Waals surface area contributed by atoms with Gasteiger partial charge < -0.3 is 10.2 Å². The summed E-state index contributed by atoms with van der Waals surface area (Å²) in [6.45, 7) is 2.05. The smallest absolute Gasteiger partial charge is 0.335 e. The fourth-order valence-electron chi connectivity index (χ4n) is 2.35. The monoisotopic (exact) mass is 298 g/mol. The largest absolute Gasteiger partial charge is 0.481 e. The number of hydrogen-bond donors (Lipinski definition) is 2. The first-order valence-corrected chi connectivity index (χ1v) is 7.15. The molecule has 0 bridgehead atoms. The number of aliphatic carboxylic acids is 1. The van der Waals surface area contributed by atoms with Crippen LogP contribution in [-0.2, 0) is 17.6 Å². The van der Waals surface area contributed by atoms with Gasteiger partial charge in [-0.1, -0.05) is 43.3 Å². The van der Waals surface area contributed by atoms with Gasteiger partial charge in [0.1, 0.15) is 0 Å². The molecule has 1 atom stereocenters. The molecule has 0 radical (unpaired) electrons. The van der Waals surface area contributed by atoms with Gasteiger partial charge in [-0.3, -0.25) is 4.79 Å². The van der Waals surface area contributed by atoms with Crippen molar-refractivity contribution in [3.8, 4) is 0 Å². The molecule has 0 amide bonds. The molecular weight excluding hydrogens is 280 g/mol. The Morgan fingerprint density at radius 1 is 0.909 bits per heavy atom. The van der Waals surface area contributed by atoms with Gasteiger partial charge in [0.05, 0.1) is 11.5 Å². The Balaban J connectivity index is 2.21. The van der Waals surface area contributed by atoms with E-state index in [0.717, 1.165) is 17.5 Å². The third-order valence-corrected chi connectivity index (χ3v) is 3.73. The predicted molar refractivity (Wildman–Crippen MR) is 83.3 cm³/mol. The van der Waals surface area contributed by atoms with Crippen LogP contribution in [0, 0.1) is 0 Å². The summed E-state index contributed by atoms with van der Waals surface area (Å²) in [5.41, 5.74) is 2.92. The Hall–Kier alpha value is -2.62. The van der Waals surface area contributed by atoms with E-state index in [4.69, 9.17) is 5.11 Å². The molecule has 0 aliphatic carbocycles. The minimum Gasteiger partial charge on any atom is -0.481 e. The molecule has 0 aliphatic rings. The molecule has 4 heteroatoms. The van der Waals surface area contributed by atoms with Gasteiger partial charge in [0.15, 0.2) is 0 Å². The van der Waals surface area contributed by atoms with Crippen LogP contribution >= 0.6 is 0 Å². The van der Waals surface area contributed by atoms with E-state index in [0.29, 0.717) is 6.42 Å². The Morgan fingerprint density at radius 3 is 1.91 bits per heavy atom. The van der Waals surface area contributed by atoms with Crippen molar-refractivity contribution in [2.24, 2.45) is 0 Å². The van der Waals surface area contributed by atoms with Crippen LogP contribution in [-0.4, -0.2) is 22.2 Å². The molecule has 2 N–H and O–H groups in total. The van der Waals surface area contributed by atoms with Crippen molar-refractivity contribution in [3.63, 3.8) is 0 Å². The van der Waals surface area contributed by atoms with Crippen molar-refractivity contribution in [2.45, 2.75) is 25.7 Å². The number of carboxylic acids is 2. The predicted octanol–water partition coefficient (Wildman–Crippen LogP) is 3.36. The summed E-state index contributed by atoms with van der Waals surface area (Å²) in [6, 6.07) is 13.9. The number of carboxylic acid groups (broad SMARTS) is 2. The van der Waals surface area contributed by atoms with E-state index >= 15 is 0 Å². The van der Waals surface area contributed by atoms with Crippen molar-refractivity contribution in [1.29, 1.82) is 0 Å². The minimum absolute atomic E-state index is 0.197. The van der Waals surface area contributed by atoms with Crippen LogP contribution in [0.25, 0.3) is 0 Å². The second-order valence-electron chi connectivity index (χ2n) is 5.19. The Bertz CT molecular complexity index is 656. The molecule has 0 saturated heterocycles. The molecule has 114 valence electrons. The normalized spacial score (nSPS) is 11.9. The summed E-state index contributed by atoms with van der Waals surface area (Å²) >= 11 is 0. The molecule has 0 aromatic heterocycles. The average Bonchev–Trinajstić information content (AvgIpc) is 2.53. The van der Waals surface area contributed by atoms with E-state index in [9.17, 15) is 14.7 Å². The van der Waals surface area contributed by atoms with Gasteiger partial charge in [-0.2, -0.15) is 0 Å². The van der Waals surface area contributed by atoms with E-state index in [2.05, 4.69) is 0 Å². The number of benzene rings is 2. The van der Waals surface area contributed by atoms with E-state index in [-0.39, 0.29) is 5.56 Å². The summed E-state index contributed by atoms with van der Waals surface area (Å²) in [4.78, 5) is 22.4. The van der Waals surface area contributed by atoms with Crippen molar-refractivity contribution in [3.05, 3.63) is 70.8 Å². The van der Waals surface area contributed by atoms with Crippen LogP contribution in [0.4, 0.5) is 0 Å². The third-order valence-electron chi connectivity index (χ3n) is 3.73. The van der Waals surface area contributed by atoms with Gasteiger partial charge in [0.25, 0.3) is 0 Å². The summed E-state index contributed by atoms with van der Waals surface area (Å²) in [5, 5.41) is 18.3. The zero-order chi connectivity index (χ0) is 16.1. The Labute approximate surface area is 129 Å². The number of hydrogen-bond acceptors (Lipinski definition) is 2. The average molecular weight is 298 g/mol. The maximum atomic E-state index is 11.5. The van der Waals surface area contributed by atoms with Crippen LogP contribution in [0.5, 0.6) is 0 Å². The SMILES string of the molecule is CCc1ccc(C(Cc2ccc(C(=O)O)cc2)C(=O)O)cc1. The highest BCUT2D eigenvalue weighted by Crippen LogP contribution is 2.22. The summed E-state index contributed by atoms with van der Waals surface area (Å²) in [7, 11) is 0. The maximum absolute atomic E-state index is 11.5. The fraction of sp³-hybridized carbons (Fsp3) is 0.222. The molecule has 22 heavy (non-hydrogen) atoms. The topological polar surface area (TPSA) is 74.6 Å². The number of carbonyl (C=O) groups is 2. The van der Waals surface area contributed by atoms with Crippen molar-refractivity contribution < 1.29 is 19.8 Å². The van der Waals surface area contributed by atoms with Crippen LogP contribution in [0.2, 0.25) is 0 Å². The molecule has 0 aliphatic heterocycles. The lowest BCUT2D eigenvalue weighted by molar-refractivity contribution is -0.138. The third kappa shape index (κ3) is 3.73. The van der Waals surface area contributed by atoms with Crippen LogP contribution in [0.15, 0.2) is 48.5 Å². The zero-order valence-electron chi connectivity index (χ0n) is 12.3. The van der Waals surface area contributed by atoms with Crippen molar-refractivity contribution >= 4 is 11.9 Å². The number of rotatable bonds is 6. The second kappa shape index (κ2) is 6.89. The van der Waals surface area contributed by atoms with Gasteiger partial charge in [-0.15, -0.1) is 0 Å². The molecule has 2 aromatic carbocycles. The lowest BCUT2D eigenvalue weighted by Crippen LogP contribution is -2.14. The molecule has 2 rings (SSSR count). The number of aromatic carboxylic acids is 1. The van der Waals surface area contributed by atoms with Gasteiger partial charge in [0.2, 0.25) is 0 Å². The van der Waals surface area contributed by atoms with Crippen LogP contribution < -0.4 is 0 Å². The lowest BCUT2D eigenvalue weighted by atomic mass is 9.91. The highest BCUT2D eigenvalue weighted by Gasteiger charge is 2.20. The summed E-state index contributed by atoms with van der Waals surface area (Å²) in [5.74, 6) is -2.51. The second-order valence-corrected chi connectivity index (χ2v) is 5.19. The van der Waals surface area contributed by atoms with Gasteiger partial charge in [-0.05, 0) is 41.7 Å². The van der Waals surface area contributed by atoms with Gasteiger partial charge >= 0.3 is 11.9 Å². The van der Waals surface area contributed by atoms with Gasteiger partial charge in [-0.25, -0.2) is 4.79 Å². The fourth-order valence-corrected chi connectivity index (χ4v) is 2.35. The highest BCUT2D eigenvalue weighted by atomic mass is 16.4. The van der Waals surface area contributed by atoms with E-state index in [1.54, 1.807) is 12.1 Å². The minimum atomic E-state index is -0.989. The van der Waals surface area contributed by atoms with Crippen molar-refractivity contribution in [1.82, 2.24) is 0 Å². The van der Waals surface area contributed by atoms with Gasteiger partial charge in [0, 0.05) is 0 Å². The van der Waals surface area contributed by atoms with Crippen LogP contribution in [0.1, 0.15) is 39.9 Å². The first kappa shape index (κ1) is 15.8.